The maximum absolute atomic E-state index is 13.8. The van der Waals surface area contributed by atoms with E-state index in [0.29, 0.717) is 36.9 Å². The highest BCUT2D eigenvalue weighted by molar-refractivity contribution is 6.30. The van der Waals surface area contributed by atoms with Crippen LogP contribution in [0.2, 0.25) is 5.02 Å². The number of rotatable bonds is 2. The Hall–Kier alpha value is -1.39. The van der Waals surface area contributed by atoms with Crippen molar-refractivity contribution in [2.75, 3.05) is 26.3 Å². The summed E-state index contributed by atoms with van der Waals surface area (Å²) in [6.45, 7) is 1.78. The van der Waals surface area contributed by atoms with E-state index in [4.69, 9.17) is 16.3 Å². The van der Waals surface area contributed by atoms with E-state index in [1.54, 1.807) is 24.3 Å². The second kappa shape index (κ2) is 5.98. The van der Waals surface area contributed by atoms with E-state index < -0.39 is 11.7 Å². The third kappa shape index (κ3) is 3.31. The zero-order valence-corrected chi connectivity index (χ0v) is 10.5. The fourth-order valence-electron chi connectivity index (χ4n) is 1.68. The van der Waals surface area contributed by atoms with Gasteiger partial charge in [0.1, 0.15) is 0 Å². The molecule has 0 aromatic heterocycles. The molecular formula is C13H13ClFNO2. The van der Waals surface area contributed by atoms with Gasteiger partial charge in [-0.2, -0.15) is 0 Å². The van der Waals surface area contributed by atoms with E-state index in [-0.39, 0.29) is 0 Å². The smallest absolute Gasteiger partial charge is 0.282 e. The van der Waals surface area contributed by atoms with E-state index in [2.05, 4.69) is 0 Å². The van der Waals surface area contributed by atoms with Gasteiger partial charge in [-0.05, 0) is 23.8 Å². The van der Waals surface area contributed by atoms with Gasteiger partial charge in [0.05, 0.1) is 13.2 Å². The summed E-state index contributed by atoms with van der Waals surface area (Å²) in [4.78, 5) is 13.2. The standard InChI is InChI=1S/C13H13ClFNO2/c14-11-3-1-10(2-4-11)9-12(15)13(17)16-5-7-18-8-6-16/h1-4,9H,5-8H2/b12-9-. The summed E-state index contributed by atoms with van der Waals surface area (Å²) in [6.07, 6.45) is 1.22. The summed E-state index contributed by atoms with van der Waals surface area (Å²) in [5.41, 5.74) is 0.610. The molecular weight excluding hydrogens is 257 g/mol. The minimum Gasteiger partial charge on any atom is -0.378 e. The first kappa shape index (κ1) is 13.1. The molecule has 1 aliphatic rings. The summed E-state index contributed by atoms with van der Waals surface area (Å²) in [5.74, 6) is -1.35. The van der Waals surface area contributed by atoms with Crippen LogP contribution in [0, 0.1) is 0 Å². The van der Waals surface area contributed by atoms with E-state index in [1.165, 1.54) is 11.0 Å². The first-order valence-electron chi connectivity index (χ1n) is 5.66. The summed E-state index contributed by atoms with van der Waals surface area (Å²) >= 11 is 5.73. The molecule has 2 rings (SSSR count). The lowest BCUT2D eigenvalue weighted by Crippen LogP contribution is -2.40. The number of hydrogen-bond acceptors (Lipinski definition) is 2. The molecule has 0 atom stereocenters. The highest BCUT2D eigenvalue weighted by atomic mass is 35.5. The predicted octanol–water partition coefficient (Wildman–Crippen LogP) is 2.51. The quantitative estimate of drug-likeness (QED) is 0.772. The van der Waals surface area contributed by atoms with Crippen molar-refractivity contribution in [2.45, 2.75) is 0 Å². The van der Waals surface area contributed by atoms with Gasteiger partial charge in [-0.1, -0.05) is 23.7 Å². The molecule has 1 aromatic rings. The Morgan fingerprint density at radius 1 is 1.28 bits per heavy atom. The molecule has 0 radical (unpaired) electrons. The van der Waals surface area contributed by atoms with Gasteiger partial charge < -0.3 is 9.64 Å². The SMILES string of the molecule is O=C(/C(F)=C/c1ccc(Cl)cc1)N1CCOCC1. The minimum absolute atomic E-state index is 0.431. The molecule has 96 valence electrons. The van der Waals surface area contributed by atoms with Crippen LogP contribution in [0.4, 0.5) is 4.39 Å². The monoisotopic (exact) mass is 269 g/mol. The zero-order valence-electron chi connectivity index (χ0n) is 9.73. The Balaban J connectivity index is 2.07. The fraction of sp³-hybridized carbons (Fsp3) is 0.308. The lowest BCUT2D eigenvalue weighted by atomic mass is 10.2. The largest absolute Gasteiger partial charge is 0.378 e. The average Bonchev–Trinajstić information content (AvgIpc) is 2.41. The molecule has 0 aliphatic carbocycles. The topological polar surface area (TPSA) is 29.5 Å². The molecule has 0 bridgehead atoms. The van der Waals surface area contributed by atoms with Crippen molar-refractivity contribution in [2.24, 2.45) is 0 Å². The van der Waals surface area contributed by atoms with Crippen LogP contribution in [0.5, 0.6) is 0 Å². The normalized spacial score (nSPS) is 16.8. The predicted molar refractivity (Wildman–Crippen MR) is 67.9 cm³/mol. The third-order valence-corrected chi connectivity index (χ3v) is 2.92. The van der Waals surface area contributed by atoms with Crippen molar-refractivity contribution in [3.8, 4) is 0 Å². The van der Waals surface area contributed by atoms with Crippen LogP contribution in [0.3, 0.4) is 0 Å². The summed E-state index contributed by atoms with van der Waals surface area (Å²) < 4.78 is 18.9. The second-order valence-corrected chi connectivity index (χ2v) is 4.38. The molecule has 0 spiro atoms. The molecule has 1 amide bonds. The van der Waals surface area contributed by atoms with Crippen LogP contribution in [0.15, 0.2) is 30.1 Å². The number of carbonyl (C=O) groups is 1. The van der Waals surface area contributed by atoms with Gasteiger partial charge in [-0.15, -0.1) is 0 Å². The Labute approximate surface area is 110 Å². The highest BCUT2D eigenvalue weighted by Gasteiger charge is 2.20. The summed E-state index contributed by atoms with van der Waals surface area (Å²) in [5, 5.41) is 0.576. The molecule has 0 unspecified atom stereocenters. The van der Waals surface area contributed by atoms with Crippen LogP contribution in [-0.2, 0) is 9.53 Å². The van der Waals surface area contributed by atoms with Crippen LogP contribution >= 0.6 is 11.6 Å². The molecule has 18 heavy (non-hydrogen) atoms. The molecule has 1 heterocycles. The molecule has 0 N–H and O–H groups in total. The van der Waals surface area contributed by atoms with Gasteiger partial charge >= 0.3 is 0 Å². The van der Waals surface area contributed by atoms with E-state index in [0.717, 1.165) is 0 Å². The first-order valence-corrected chi connectivity index (χ1v) is 6.04. The number of carbonyl (C=O) groups excluding carboxylic acids is 1. The fourth-order valence-corrected chi connectivity index (χ4v) is 1.81. The number of benzene rings is 1. The van der Waals surface area contributed by atoms with E-state index in [9.17, 15) is 9.18 Å². The first-order chi connectivity index (χ1) is 8.66. The Morgan fingerprint density at radius 3 is 2.50 bits per heavy atom. The van der Waals surface area contributed by atoms with Crippen molar-refractivity contribution < 1.29 is 13.9 Å². The molecule has 1 aliphatic heterocycles. The van der Waals surface area contributed by atoms with Crippen molar-refractivity contribution in [1.29, 1.82) is 0 Å². The van der Waals surface area contributed by atoms with Crippen molar-refractivity contribution in [3.05, 3.63) is 40.7 Å². The van der Waals surface area contributed by atoms with Gasteiger partial charge in [-0.3, -0.25) is 4.79 Å². The Morgan fingerprint density at radius 2 is 1.89 bits per heavy atom. The second-order valence-electron chi connectivity index (χ2n) is 3.95. The van der Waals surface area contributed by atoms with Crippen molar-refractivity contribution >= 4 is 23.6 Å². The van der Waals surface area contributed by atoms with Crippen LogP contribution in [-0.4, -0.2) is 37.1 Å². The van der Waals surface area contributed by atoms with Crippen LogP contribution < -0.4 is 0 Å². The number of morpholine rings is 1. The molecule has 1 fully saturated rings. The van der Waals surface area contributed by atoms with Crippen LogP contribution in [0.25, 0.3) is 6.08 Å². The molecule has 5 heteroatoms. The number of halogens is 2. The zero-order chi connectivity index (χ0) is 13.0. The van der Waals surface area contributed by atoms with Gasteiger partial charge in [0.15, 0.2) is 5.83 Å². The van der Waals surface area contributed by atoms with Gasteiger partial charge in [0, 0.05) is 18.1 Å². The van der Waals surface area contributed by atoms with E-state index in [1.807, 2.05) is 0 Å². The maximum Gasteiger partial charge on any atom is 0.282 e. The lowest BCUT2D eigenvalue weighted by Gasteiger charge is -2.26. The Kier molecular flexibility index (Phi) is 4.33. The summed E-state index contributed by atoms with van der Waals surface area (Å²) in [6, 6.07) is 6.63. The van der Waals surface area contributed by atoms with Gasteiger partial charge in [0.25, 0.3) is 5.91 Å². The molecule has 1 aromatic carbocycles. The number of amides is 1. The molecule has 0 saturated carbocycles. The number of nitrogens with zero attached hydrogens (tertiary/aromatic N) is 1. The Bertz CT molecular complexity index is 453. The number of hydrogen-bond donors (Lipinski definition) is 0. The van der Waals surface area contributed by atoms with E-state index >= 15 is 0 Å². The van der Waals surface area contributed by atoms with Gasteiger partial charge in [0.2, 0.25) is 0 Å². The van der Waals surface area contributed by atoms with Gasteiger partial charge in [-0.25, -0.2) is 4.39 Å². The third-order valence-electron chi connectivity index (χ3n) is 2.67. The summed E-state index contributed by atoms with van der Waals surface area (Å²) in [7, 11) is 0. The van der Waals surface area contributed by atoms with Crippen molar-refractivity contribution in [1.82, 2.24) is 4.90 Å². The minimum atomic E-state index is -0.765. The highest BCUT2D eigenvalue weighted by Crippen LogP contribution is 2.15. The molecule has 1 saturated heterocycles. The molecule has 3 nitrogen and oxygen atoms in total. The van der Waals surface area contributed by atoms with Crippen molar-refractivity contribution in [3.63, 3.8) is 0 Å². The number of ether oxygens (including phenoxy) is 1. The van der Waals surface area contributed by atoms with Crippen LogP contribution in [0.1, 0.15) is 5.56 Å². The average molecular weight is 270 g/mol. The maximum atomic E-state index is 13.8. The lowest BCUT2D eigenvalue weighted by molar-refractivity contribution is -0.132.